The fraction of sp³-hybridized carbons (Fsp3) is 0.333. The number of likely N-dealkylation sites (tertiary alicyclic amines) is 1. The average Bonchev–Trinajstić information content (AvgIpc) is 3.35. The topological polar surface area (TPSA) is 58.8 Å². The number of hydrogen-bond donors (Lipinski definition) is 0. The molecule has 1 saturated heterocycles. The van der Waals surface area contributed by atoms with E-state index in [0.717, 1.165) is 54.6 Å². The molecule has 1 aliphatic rings. The maximum absolute atomic E-state index is 11.6. The Labute approximate surface area is 177 Å². The fourth-order valence-corrected chi connectivity index (χ4v) is 3.76. The van der Waals surface area contributed by atoms with Gasteiger partial charge in [-0.25, -0.2) is 4.98 Å². The number of carbonyl (C=O) groups excluding carboxylic acids is 1. The number of rotatable bonds is 6. The number of hydrogen-bond acceptors (Lipinski definition) is 5. The van der Waals surface area contributed by atoms with Crippen molar-refractivity contribution >= 4 is 5.91 Å². The van der Waals surface area contributed by atoms with Crippen LogP contribution in [-0.4, -0.2) is 46.9 Å². The molecule has 1 aromatic heterocycles. The second kappa shape index (κ2) is 8.71. The number of para-hydroxylation sites is 1. The number of ether oxygens (including phenoxy) is 1. The monoisotopic (exact) mass is 405 g/mol. The average molecular weight is 405 g/mol. The van der Waals surface area contributed by atoms with E-state index in [1.807, 2.05) is 73.5 Å². The van der Waals surface area contributed by atoms with Gasteiger partial charge in [-0.1, -0.05) is 24.3 Å². The lowest BCUT2D eigenvalue weighted by Crippen LogP contribution is -2.37. The lowest BCUT2D eigenvalue weighted by molar-refractivity contribution is -0.129. The minimum absolute atomic E-state index is 0.111. The van der Waals surface area contributed by atoms with Gasteiger partial charge in [0, 0.05) is 45.2 Å². The van der Waals surface area contributed by atoms with Gasteiger partial charge in [-0.05, 0) is 43.7 Å². The third kappa shape index (κ3) is 4.54. The van der Waals surface area contributed by atoms with E-state index in [2.05, 4.69) is 4.90 Å². The minimum Gasteiger partial charge on any atom is -0.457 e. The van der Waals surface area contributed by atoms with E-state index in [9.17, 15) is 4.79 Å². The summed E-state index contributed by atoms with van der Waals surface area (Å²) in [5.74, 6) is 3.06. The van der Waals surface area contributed by atoms with E-state index in [1.54, 1.807) is 6.92 Å². The molecule has 6 heteroatoms. The molecule has 0 saturated carbocycles. The van der Waals surface area contributed by atoms with Crippen LogP contribution in [0, 0.1) is 6.92 Å². The molecular weight excluding hydrogens is 378 g/mol. The van der Waals surface area contributed by atoms with Crippen LogP contribution < -0.4 is 4.74 Å². The van der Waals surface area contributed by atoms with Gasteiger partial charge >= 0.3 is 0 Å². The van der Waals surface area contributed by atoms with Crippen LogP contribution in [0.4, 0.5) is 0 Å². The molecule has 2 aromatic carbocycles. The summed E-state index contributed by atoms with van der Waals surface area (Å²) in [5.41, 5.74) is 1.82. The van der Waals surface area contributed by atoms with Crippen LogP contribution in [-0.2, 0) is 11.3 Å². The van der Waals surface area contributed by atoms with E-state index in [4.69, 9.17) is 14.1 Å². The Morgan fingerprint density at radius 2 is 1.97 bits per heavy atom. The molecule has 0 radical (unpaired) electrons. The number of aromatic nitrogens is 1. The van der Waals surface area contributed by atoms with Crippen molar-refractivity contribution in [3.05, 3.63) is 66.1 Å². The first-order chi connectivity index (χ1) is 14.5. The summed E-state index contributed by atoms with van der Waals surface area (Å²) < 4.78 is 11.9. The van der Waals surface area contributed by atoms with Gasteiger partial charge in [0.05, 0.1) is 5.69 Å². The SMILES string of the molecule is CC(=O)N(C)C1CCN(Cc2nc(-c3cccc(Oc4ccccc4)c3)oc2C)C1. The van der Waals surface area contributed by atoms with Gasteiger partial charge in [0.15, 0.2) is 0 Å². The predicted molar refractivity (Wildman–Crippen MR) is 115 cm³/mol. The first-order valence-electron chi connectivity index (χ1n) is 10.2. The summed E-state index contributed by atoms with van der Waals surface area (Å²) in [7, 11) is 1.88. The number of nitrogens with zero attached hydrogens (tertiary/aromatic N) is 3. The van der Waals surface area contributed by atoms with Gasteiger partial charge in [0.1, 0.15) is 17.3 Å². The van der Waals surface area contributed by atoms with Crippen LogP contribution in [0.5, 0.6) is 11.5 Å². The Balaban J connectivity index is 1.45. The first-order valence-corrected chi connectivity index (χ1v) is 10.2. The normalized spacial score (nSPS) is 16.6. The van der Waals surface area contributed by atoms with Crippen molar-refractivity contribution in [2.75, 3.05) is 20.1 Å². The van der Waals surface area contributed by atoms with E-state index < -0.39 is 0 Å². The van der Waals surface area contributed by atoms with Gasteiger partial charge in [0.2, 0.25) is 11.8 Å². The Bertz CT molecular complexity index is 1020. The molecule has 156 valence electrons. The molecule has 1 fully saturated rings. The largest absolute Gasteiger partial charge is 0.457 e. The maximum atomic E-state index is 11.6. The lowest BCUT2D eigenvalue weighted by Gasteiger charge is -2.23. The van der Waals surface area contributed by atoms with E-state index >= 15 is 0 Å². The number of benzene rings is 2. The van der Waals surface area contributed by atoms with Gasteiger partial charge in [-0.15, -0.1) is 0 Å². The smallest absolute Gasteiger partial charge is 0.226 e. The van der Waals surface area contributed by atoms with Crippen molar-refractivity contribution in [1.82, 2.24) is 14.8 Å². The van der Waals surface area contributed by atoms with Gasteiger partial charge in [-0.2, -0.15) is 0 Å². The number of aryl methyl sites for hydroxylation is 1. The van der Waals surface area contributed by atoms with Crippen molar-refractivity contribution in [1.29, 1.82) is 0 Å². The second-order valence-corrected chi connectivity index (χ2v) is 7.77. The van der Waals surface area contributed by atoms with Crippen LogP contribution in [0.25, 0.3) is 11.5 Å². The molecule has 30 heavy (non-hydrogen) atoms. The molecule has 1 aliphatic heterocycles. The summed E-state index contributed by atoms with van der Waals surface area (Å²) in [6.45, 7) is 6.10. The number of likely N-dealkylation sites (N-methyl/N-ethyl adjacent to an activating group) is 1. The van der Waals surface area contributed by atoms with Crippen molar-refractivity contribution in [3.8, 4) is 23.0 Å². The van der Waals surface area contributed by atoms with E-state index in [0.29, 0.717) is 5.89 Å². The molecule has 2 heterocycles. The third-order valence-electron chi connectivity index (χ3n) is 5.62. The van der Waals surface area contributed by atoms with Gasteiger partial charge in [-0.3, -0.25) is 9.69 Å². The fourth-order valence-electron chi connectivity index (χ4n) is 3.76. The summed E-state index contributed by atoms with van der Waals surface area (Å²) in [6, 6.07) is 17.7. The summed E-state index contributed by atoms with van der Waals surface area (Å²) in [6.07, 6.45) is 0.985. The molecule has 4 rings (SSSR count). The molecule has 0 bridgehead atoms. The summed E-state index contributed by atoms with van der Waals surface area (Å²) >= 11 is 0. The van der Waals surface area contributed by atoms with E-state index in [1.165, 1.54) is 0 Å². The highest BCUT2D eigenvalue weighted by Crippen LogP contribution is 2.29. The van der Waals surface area contributed by atoms with Gasteiger partial charge in [0.25, 0.3) is 0 Å². The highest BCUT2D eigenvalue weighted by molar-refractivity contribution is 5.73. The van der Waals surface area contributed by atoms with Crippen LogP contribution in [0.3, 0.4) is 0 Å². The van der Waals surface area contributed by atoms with Crippen molar-refractivity contribution in [2.45, 2.75) is 32.9 Å². The zero-order valence-corrected chi connectivity index (χ0v) is 17.7. The van der Waals surface area contributed by atoms with Crippen molar-refractivity contribution in [3.63, 3.8) is 0 Å². The Hall–Kier alpha value is -3.12. The molecule has 1 unspecified atom stereocenters. The third-order valence-corrected chi connectivity index (χ3v) is 5.62. The number of amides is 1. The van der Waals surface area contributed by atoms with Gasteiger partial charge < -0.3 is 14.1 Å². The molecule has 0 N–H and O–H groups in total. The lowest BCUT2D eigenvalue weighted by atomic mass is 10.2. The van der Waals surface area contributed by atoms with Crippen molar-refractivity contribution < 1.29 is 13.9 Å². The molecule has 0 spiro atoms. The zero-order valence-electron chi connectivity index (χ0n) is 17.7. The minimum atomic E-state index is 0.111. The van der Waals surface area contributed by atoms with Crippen molar-refractivity contribution in [2.24, 2.45) is 0 Å². The Kier molecular flexibility index (Phi) is 5.86. The van der Waals surface area contributed by atoms with Crippen LogP contribution >= 0.6 is 0 Å². The summed E-state index contributed by atoms with van der Waals surface area (Å²) in [5, 5.41) is 0. The quantitative estimate of drug-likeness (QED) is 0.605. The van der Waals surface area contributed by atoms with Crippen LogP contribution in [0.1, 0.15) is 24.8 Å². The second-order valence-electron chi connectivity index (χ2n) is 7.77. The summed E-state index contributed by atoms with van der Waals surface area (Å²) in [4.78, 5) is 20.5. The first kappa shape index (κ1) is 20.2. The maximum Gasteiger partial charge on any atom is 0.226 e. The highest BCUT2D eigenvalue weighted by atomic mass is 16.5. The molecule has 0 aliphatic carbocycles. The Morgan fingerprint density at radius 3 is 2.73 bits per heavy atom. The Morgan fingerprint density at radius 1 is 1.20 bits per heavy atom. The molecule has 1 amide bonds. The standard InChI is InChI=1S/C24H27N3O3/c1-17-23(16-27-13-12-20(15-27)26(3)18(2)28)25-24(29-17)19-8-7-11-22(14-19)30-21-9-5-4-6-10-21/h4-11,14,20H,12-13,15-16H2,1-3H3. The molecular formula is C24H27N3O3. The molecule has 6 nitrogen and oxygen atoms in total. The predicted octanol–water partition coefficient (Wildman–Crippen LogP) is 4.49. The van der Waals surface area contributed by atoms with E-state index in [-0.39, 0.29) is 11.9 Å². The van der Waals surface area contributed by atoms with Crippen LogP contribution in [0.15, 0.2) is 59.0 Å². The number of oxazole rings is 1. The van der Waals surface area contributed by atoms with Crippen LogP contribution in [0.2, 0.25) is 0 Å². The molecule has 1 atom stereocenters. The number of carbonyl (C=O) groups is 1. The highest BCUT2D eigenvalue weighted by Gasteiger charge is 2.28. The molecule has 3 aromatic rings. The zero-order chi connectivity index (χ0) is 21.1.